The van der Waals surface area contributed by atoms with Crippen molar-refractivity contribution < 1.29 is 9.26 Å². The van der Waals surface area contributed by atoms with Crippen molar-refractivity contribution in [2.24, 2.45) is 0 Å². The Balaban J connectivity index is 2.24. The summed E-state index contributed by atoms with van der Waals surface area (Å²) in [5.74, 6) is 1.47. The molecule has 0 radical (unpaired) electrons. The first-order valence-corrected chi connectivity index (χ1v) is 5.88. The van der Waals surface area contributed by atoms with Gasteiger partial charge < -0.3 is 15.0 Å². The van der Waals surface area contributed by atoms with Crippen LogP contribution in [0.15, 0.2) is 35.0 Å². The van der Waals surface area contributed by atoms with Gasteiger partial charge in [-0.1, -0.05) is 11.2 Å². The molecule has 2 heterocycles. The predicted molar refractivity (Wildman–Crippen MR) is 68.3 cm³/mol. The Kier molecular flexibility index (Phi) is 2.26. The second-order valence-electron chi connectivity index (χ2n) is 3.59. The zero-order valence-electron chi connectivity index (χ0n) is 9.14. The Morgan fingerprint density at radius 1 is 1.41 bits per heavy atom. The minimum Gasteiger partial charge on any atom is -0.496 e. The lowest BCUT2D eigenvalue weighted by Crippen LogP contribution is -1.82. The summed E-state index contributed by atoms with van der Waals surface area (Å²) < 4.78 is 11.6. The molecule has 0 aliphatic heterocycles. The number of aromatic nitrogens is 1. The lowest BCUT2D eigenvalue weighted by atomic mass is 10.2. The average molecular weight is 246 g/mol. The van der Waals surface area contributed by atoms with Crippen LogP contribution in [-0.2, 0) is 0 Å². The third kappa shape index (κ3) is 1.55. The first-order chi connectivity index (χ1) is 8.29. The van der Waals surface area contributed by atoms with Crippen LogP contribution in [0.25, 0.3) is 20.7 Å². The molecule has 3 rings (SSSR count). The van der Waals surface area contributed by atoms with Crippen LogP contribution in [0.2, 0.25) is 0 Å². The van der Waals surface area contributed by atoms with Crippen LogP contribution in [0.3, 0.4) is 0 Å². The first-order valence-electron chi connectivity index (χ1n) is 5.06. The summed E-state index contributed by atoms with van der Waals surface area (Å²) in [6.07, 6.45) is 1.51. The number of nitrogens with two attached hydrogens (primary N) is 1. The van der Waals surface area contributed by atoms with Crippen molar-refractivity contribution in [1.29, 1.82) is 0 Å². The maximum Gasteiger partial charge on any atom is 0.199 e. The van der Waals surface area contributed by atoms with Gasteiger partial charge in [0, 0.05) is 10.1 Å². The third-order valence-electron chi connectivity index (χ3n) is 2.56. The molecule has 17 heavy (non-hydrogen) atoms. The Morgan fingerprint density at radius 3 is 3.00 bits per heavy atom. The summed E-state index contributed by atoms with van der Waals surface area (Å²) in [4.78, 5) is 0.958. The SMILES string of the molecule is COc1cccc2sc(-c3oncc3N)cc12. The van der Waals surface area contributed by atoms with Gasteiger partial charge >= 0.3 is 0 Å². The standard InChI is InChI=1S/C12H10N2O2S/c1-15-9-3-2-4-10-7(9)5-11(17-10)12-8(13)6-14-16-12/h2-6H,13H2,1H3. The van der Waals surface area contributed by atoms with Crippen molar-refractivity contribution in [3.05, 3.63) is 30.5 Å². The maximum atomic E-state index is 5.78. The quantitative estimate of drug-likeness (QED) is 0.754. The van der Waals surface area contributed by atoms with E-state index in [9.17, 15) is 0 Å². The van der Waals surface area contributed by atoms with Gasteiger partial charge in [0.15, 0.2) is 5.76 Å². The van der Waals surface area contributed by atoms with E-state index < -0.39 is 0 Å². The van der Waals surface area contributed by atoms with Crippen molar-refractivity contribution in [1.82, 2.24) is 5.16 Å². The average Bonchev–Trinajstić information content (AvgIpc) is 2.93. The number of rotatable bonds is 2. The molecule has 1 aromatic carbocycles. The van der Waals surface area contributed by atoms with E-state index in [-0.39, 0.29) is 0 Å². The van der Waals surface area contributed by atoms with Gasteiger partial charge in [-0.15, -0.1) is 11.3 Å². The van der Waals surface area contributed by atoms with Gasteiger partial charge in [0.2, 0.25) is 0 Å². The van der Waals surface area contributed by atoms with E-state index in [0.717, 1.165) is 20.7 Å². The molecule has 0 spiro atoms. The van der Waals surface area contributed by atoms with E-state index in [1.54, 1.807) is 18.4 Å². The molecule has 0 atom stereocenters. The fourth-order valence-electron chi connectivity index (χ4n) is 1.76. The predicted octanol–water partition coefficient (Wildman–Crippen LogP) is 3.15. The van der Waals surface area contributed by atoms with Crippen molar-refractivity contribution in [3.63, 3.8) is 0 Å². The van der Waals surface area contributed by atoms with E-state index >= 15 is 0 Å². The lowest BCUT2D eigenvalue weighted by Gasteiger charge is -1.99. The molecule has 4 nitrogen and oxygen atoms in total. The minimum absolute atomic E-state index is 0.551. The van der Waals surface area contributed by atoms with Crippen LogP contribution in [0, 0.1) is 0 Å². The monoisotopic (exact) mass is 246 g/mol. The molecule has 2 N–H and O–H groups in total. The lowest BCUT2D eigenvalue weighted by molar-refractivity contribution is 0.420. The van der Waals surface area contributed by atoms with Crippen molar-refractivity contribution in [3.8, 4) is 16.4 Å². The number of hydrogen-bond donors (Lipinski definition) is 1. The number of benzene rings is 1. The summed E-state index contributed by atoms with van der Waals surface area (Å²) in [5, 5.41) is 4.75. The third-order valence-corrected chi connectivity index (χ3v) is 3.66. The zero-order valence-corrected chi connectivity index (χ0v) is 9.95. The van der Waals surface area contributed by atoms with Gasteiger partial charge in [-0.25, -0.2) is 0 Å². The second-order valence-corrected chi connectivity index (χ2v) is 4.68. The normalized spacial score (nSPS) is 10.9. The summed E-state index contributed by atoms with van der Waals surface area (Å²) in [6, 6.07) is 7.95. The Hall–Kier alpha value is -2.01. The van der Waals surface area contributed by atoms with Gasteiger partial charge in [-0.3, -0.25) is 0 Å². The van der Waals surface area contributed by atoms with Gasteiger partial charge in [0.25, 0.3) is 0 Å². The van der Waals surface area contributed by atoms with Crippen LogP contribution in [0.4, 0.5) is 5.69 Å². The molecule has 0 amide bonds. The summed E-state index contributed by atoms with van der Waals surface area (Å²) in [6.45, 7) is 0. The number of hydrogen-bond acceptors (Lipinski definition) is 5. The molecule has 2 aromatic heterocycles. The van der Waals surface area contributed by atoms with Crippen LogP contribution in [0.5, 0.6) is 5.75 Å². The largest absolute Gasteiger partial charge is 0.496 e. The van der Waals surface area contributed by atoms with E-state index in [2.05, 4.69) is 5.16 Å². The number of anilines is 1. The van der Waals surface area contributed by atoms with E-state index in [0.29, 0.717) is 11.4 Å². The van der Waals surface area contributed by atoms with Crippen molar-refractivity contribution >= 4 is 27.1 Å². The molecule has 0 fully saturated rings. The first kappa shape index (κ1) is 10.2. The van der Waals surface area contributed by atoms with Crippen LogP contribution < -0.4 is 10.5 Å². The molecular formula is C12H10N2O2S. The number of methoxy groups -OCH3 is 1. The highest BCUT2D eigenvalue weighted by molar-refractivity contribution is 7.22. The number of ether oxygens (including phenoxy) is 1. The molecule has 5 heteroatoms. The number of fused-ring (bicyclic) bond motifs is 1. The second kappa shape index (κ2) is 3.78. The molecule has 0 unspecified atom stereocenters. The highest BCUT2D eigenvalue weighted by Gasteiger charge is 2.13. The van der Waals surface area contributed by atoms with Crippen molar-refractivity contribution in [2.45, 2.75) is 0 Å². The summed E-state index contributed by atoms with van der Waals surface area (Å²) >= 11 is 1.60. The van der Waals surface area contributed by atoms with E-state index in [4.69, 9.17) is 15.0 Å². The topological polar surface area (TPSA) is 61.3 Å². The maximum absolute atomic E-state index is 5.78. The number of nitrogens with zero attached hydrogens (tertiary/aromatic N) is 1. The highest BCUT2D eigenvalue weighted by atomic mass is 32.1. The number of nitrogen functional groups attached to an aromatic ring is 1. The van der Waals surface area contributed by atoms with Gasteiger partial charge in [0.05, 0.1) is 18.2 Å². The fourth-order valence-corrected chi connectivity index (χ4v) is 2.84. The van der Waals surface area contributed by atoms with Gasteiger partial charge in [-0.2, -0.15) is 0 Å². The van der Waals surface area contributed by atoms with Crippen LogP contribution >= 0.6 is 11.3 Å². The van der Waals surface area contributed by atoms with Crippen LogP contribution in [0.1, 0.15) is 0 Å². The molecule has 0 bridgehead atoms. The smallest absolute Gasteiger partial charge is 0.199 e. The zero-order chi connectivity index (χ0) is 11.8. The molecule has 0 saturated carbocycles. The van der Waals surface area contributed by atoms with E-state index in [1.165, 1.54) is 6.20 Å². The Morgan fingerprint density at radius 2 is 2.29 bits per heavy atom. The molecule has 86 valence electrons. The molecular weight excluding hydrogens is 236 g/mol. The summed E-state index contributed by atoms with van der Waals surface area (Å²) in [5.41, 5.74) is 6.34. The van der Waals surface area contributed by atoms with Crippen LogP contribution in [-0.4, -0.2) is 12.3 Å². The number of thiophene rings is 1. The molecule has 3 aromatic rings. The molecule has 0 saturated heterocycles. The molecule has 0 aliphatic carbocycles. The molecule has 0 aliphatic rings. The Labute approximate surface area is 102 Å². The Bertz CT molecular complexity index is 672. The summed E-state index contributed by atoms with van der Waals surface area (Å²) in [7, 11) is 1.66. The fraction of sp³-hybridized carbons (Fsp3) is 0.0833. The highest BCUT2D eigenvalue weighted by Crippen LogP contribution is 2.39. The minimum atomic E-state index is 0.551. The van der Waals surface area contributed by atoms with Gasteiger partial charge in [-0.05, 0) is 18.2 Å². The van der Waals surface area contributed by atoms with Gasteiger partial charge in [0.1, 0.15) is 11.4 Å². The van der Waals surface area contributed by atoms with Crippen molar-refractivity contribution in [2.75, 3.05) is 12.8 Å². The van der Waals surface area contributed by atoms with E-state index in [1.807, 2.05) is 24.3 Å².